The van der Waals surface area contributed by atoms with Crippen molar-refractivity contribution in [3.05, 3.63) is 54.1 Å². The summed E-state index contributed by atoms with van der Waals surface area (Å²) in [7, 11) is 0. The Morgan fingerprint density at radius 3 is 2.57 bits per heavy atom. The van der Waals surface area contributed by atoms with E-state index in [4.69, 9.17) is 16.2 Å². The summed E-state index contributed by atoms with van der Waals surface area (Å²) >= 11 is 0. The molecule has 0 aliphatic carbocycles. The highest BCUT2D eigenvalue weighted by Crippen LogP contribution is 2.18. The van der Waals surface area contributed by atoms with E-state index in [1.807, 2.05) is 0 Å². The first-order chi connectivity index (χ1) is 10.0. The molecule has 0 atom stereocenters. The Morgan fingerprint density at radius 2 is 1.86 bits per heavy atom. The summed E-state index contributed by atoms with van der Waals surface area (Å²) in [5.41, 5.74) is 12.2. The Balaban J connectivity index is 2.07. The van der Waals surface area contributed by atoms with Crippen molar-refractivity contribution in [1.29, 1.82) is 0 Å². The van der Waals surface area contributed by atoms with Crippen LogP contribution < -0.4 is 21.5 Å². The summed E-state index contributed by atoms with van der Waals surface area (Å²) in [6.45, 7) is -0.216. The highest BCUT2D eigenvalue weighted by molar-refractivity contribution is 6.04. The van der Waals surface area contributed by atoms with Crippen LogP contribution in [0.4, 0.5) is 11.4 Å². The zero-order chi connectivity index (χ0) is 15.2. The molecule has 6 heteroatoms. The molecular formula is C15H15N3O3. The van der Waals surface area contributed by atoms with Crippen molar-refractivity contribution in [3.8, 4) is 5.75 Å². The zero-order valence-electron chi connectivity index (χ0n) is 11.2. The summed E-state index contributed by atoms with van der Waals surface area (Å²) < 4.78 is 5.17. The fourth-order valence-corrected chi connectivity index (χ4v) is 1.70. The van der Waals surface area contributed by atoms with E-state index in [1.165, 1.54) is 0 Å². The van der Waals surface area contributed by atoms with Crippen LogP contribution in [0.25, 0.3) is 0 Å². The number of nitrogen functional groups attached to an aromatic ring is 1. The Kier molecular flexibility index (Phi) is 4.40. The average Bonchev–Trinajstić information content (AvgIpc) is 2.45. The number of hydrogen-bond donors (Lipinski definition) is 3. The normalized spacial score (nSPS) is 9.90. The summed E-state index contributed by atoms with van der Waals surface area (Å²) in [5.74, 6) is -0.405. The van der Waals surface area contributed by atoms with Crippen molar-refractivity contribution in [2.75, 3.05) is 17.7 Å². The predicted molar refractivity (Wildman–Crippen MR) is 79.9 cm³/mol. The molecule has 108 valence electrons. The maximum atomic E-state index is 12.1. The molecule has 5 N–H and O–H groups in total. The van der Waals surface area contributed by atoms with Gasteiger partial charge in [-0.05, 0) is 30.3 Å². The van der Waals surface area contributed by atoms with Gasteiger partial charge in [0.05, 0.1) is 0 Å². The van der Waals surface area contributed by atoms with E-state index in [1.54, 1.807) is 48.5 Å². The number of carbonyl (C=O) groups excluding carboxylic acids is 2. The van der Waals surface area contributed by atoms with Gasteiger partial charge >= 0.3 is 0 Å². The lowest BCUT2D eigenvalue weighted by atomic mass is 10.2. The Labute approximate surface area is 121 Å². The second-order valence-electron chi connectivity index (χ2n) is 4.36. The number of primary amides is 1. The number of nitrogens with one attached hydrogen (secondary N) is 1. The number of nitrogens with two attached hydrogens (primary N) is 2. The van der Waals surface area contributed by atoms with E-state index in [9.17, 15) is 9.59 Å². The number of ether oxygens (including phenoxy) is 1. The van der Waals surface area contributed by atoms with Crippen molar-refractivity contribution < 1.29 is 14.3 Å². The van der Waals surface area contributed by atoms with Crippen LogP contribution in [0.1, 0.15) is 10.4 Å². The largest absolute Gasteiger partial charge is 0.484 e. The van der Waals surface area contributed by atoms with Crippen LogP contribution >= 0.6 is 0 Å². The number of amides is 2. The molecule has 6 nitrogen and oxygen atoms in total. The lowest BCUT2D eigenvalue weighted by molar-refractivity contribution is -0.119. The van der Waals surface area contributed by atoms with Crippen molar-refractivity contribution in [3.63, 3.8) is 0 Å². The minimum absolute atomic E-state index is 0.216. The minimum atomic E-state index is -0.566. The highest BCUT2D eigenvalue weighted by Gasteiger charge is 2.07. The van der Waals surface area contributed by atoms with Crippen LogP contribution in [-0.2, 0) is 4.79 Å². The molecule has 21 heavy (non-hydrogen) atoms. The van der Waals surface area contributed by atoms with Crippen LogP contribution in [0.3, 0.4) is 0 Å². The highest BCUT2D eigenvalue weighted by atomic mass is 16.5. The molecule has 2 aromatic rings. The van der Waals surface area contributed by atoms with E-state index < -0.39 is 5.91 Å². The number of carbonyl (C=O) groups is 2. The quantitative estimate of drug-likeness (QED) is 0.721. The Bertz CT molecular complexity index is 671. The van der Waals surface area contributed by atoms with Crippen LogP contribution in [0.15, 0.2) is 48.5 Å². The smallest absolute Gasteiger partial charge is 0.255 e. The first-order valence-electron chi connectivity index (χ1n) is 6.22. The second kappa shape index (κ2) is 6.42. The molecule has 0 heterocycles. The van der Waals surface area contributed by atoms with Crippen molar-refractivity contribution in [1.82, 2.24) is 0 Å². The third kappa shape index (κ3) is 4.24. The molecule has 0 fully saturated rings. The van der Waals surface area contributed by atoms with E-state index in [2.05, 4.69) is 5.32 Å². The monoisotopic (exact) mass is 285 g/mol. The van der Waals surface area contributed by atoms with Crippen LogP contribution in [0.2, 0.25) is 0 Å². The molecule has 0 bridgehead atoms. The number of benzene rings is 2. The molecule has 2 rings (SSSR count). The maximum absolute atomic E-state index is 12.1. The van der Waals surface area contributed by atoms with Gasteiger partial charge < -0.3 is 21.5 Å². The first kappa shape index (κ1) is 14.4. The number of rotatable bonds is 5. The van der Waals surface area contributed by atoms with Gasteiger partial charge in [-0.15, -0.1) is 0 Å². The summed E-state index contributed by atoms with van der Waals surface area (Å²) in [6, 6.07) is 13.3. The van der Waals surface area contributed by atoms with Crippen LogP contribution in [0.5, 0.6) is 5.75 Å². The van der Waals surface area contributed by atoms with Crippen LogP contribution in [0, 0.1) is 0 Å². The standard InChI is InChI=1S/C15H15N3O3/c16-11-4-1-3-10(7-11)15(20)18-12-5-2-6-13(8-12)21-9-14(17)19/h1-8H,9,16H2,(H2,17,19)(H,18,20). The molecule has 0 unspecified atom stereocenters. The molecule has 0 aliphatic rings. The van der Waals surface area contributed by atoms with Gasteiger partial charge in [-0.2, -0.15) is 0 Å². The van der Waals surface area contributed by atoms with Gasteiger partial charge in [-0.3, -0.25) is 9.59 Å². The fraction of sp³-hybridized carbons (Fsp3) is 0.0667. The molecule has 2 amide bonds. The number of anilines is 2. The van der Waals surface area contributed by atoms with Gasteiger partial charge in [0.25, 0.3) is 11.8 Å². The SMILES string of the molecule is NC(=O)COc1cccc(NC(=O)c2cccc(N)c2)c1. The molecule has 2 aromatic carbocycles. The summed E-state index contributed by atoms with van der Waals surface area (Å²) in [5, 5.41) is 2.72. The lowest BCUT2D eigenvalue weighted by Crippen LogP contribution is -2.20. The Morgan fingerprint density at radius 1 is 1.10 bits per heavy atom. The molecule has 0 aliphatic heterocycles. The molecule has 0 spiro atoms. The van der Waals surface area contributed by atoms with E-state index in [0.29, 0.717) is 22.7 Å². The van der Waals surface area contributed by atoms with Gasteiger partial charge in [0.15, 0.2) is 6.61 Å². The maximum Gasteiger partial charge on any atom is 0.255 e. The summed E-state index contributed by atoms with van der Waals surface area (Å²) in [4.78, 5) is 22.7. The molecule has 0 aromatic heterocycles. The topological polar surface area (TPSA) is 107 Å². The third-order valence-corrected chi connectivity index (χ3v) is 2.62. The van der Waals surface area contributed by atoms with Gasteiger partial charge in [-0.1, -0.05) is 12.1 Å². The van der Waals surface area contributed by atoms with Crippen molar-refractivity contribution >= 4 is 23.2 Å². The van der Waals surface area contributed by atoms with E-state index >= 15 is 0 Å². The molecular weight excluding hydrogens is 270 g/mol. The van der Waals surface area contributed by atoms with Crippen molar-refractivity contribution in [2.24, 2.45) is 5.73 Å². The third-order valence-electron chi connectivity index (χ3n) is 2.62. The predicted octanol–water partition coefficient (Wildman–Crippen LogP) is 1.39. The molecule has 0 saturated heterocycles. The second-order valence-corrected chi connectivity index (χ2v) is 4.36. The lowest BCUT2D eigenvalue weighted by Gasteiger charge is -2.08. The van der Waals surface area contributed by atoms with Crippen LogP contribution in [-0.4, -0.2) is 18.4 Å². The zero-order valence-corrected chi connectivity index (χ0v) is 11.2. The van der Waals surface area contributed by atoms with E-state index in [-0.39, 0.29) is 12.5 Å². The first-order valence-corrected chi connectivity index (χ1v) is 6.22. The molecule has 0 radical (unpaired) electrons. The summed E-state index contributed by atoms with van der Waals surface area (Å²) in [6.07, 6.45) is 0. The average molecular weight is 285 g/mol. The van der Waals surface area contributed by atoms with Gasteiger partial charge in [-0.25, -0.2) is 0 Å². The number of hydrogen-bond acceptors (Lipinski definition) is 4. The van der Waals surface area contributed by atoms with Gasteiger partial charge in [0.1, 0.15) is 5.75 Å². The Hall–Kier alpha value is -3.02. The van der Waals surface area contributed by atoms with Gasteiger partial charge in [0.2, 0.25) is 0 Å². The van der Waals surface area contributed by atoms with E-state index in [0.717, 1.165) is 0 Å². The fourth-order valence-electron chi connectivity index (χ4n) is 1.70. The van der Waals surface area contributed by atoms with Gasteiger partial charge in [0, 0.05) is 23.0 Å². The molecule has 0 saturated carbocycles. The minimum Gasteiger partial charge on any atom is -0.484 e. The van der Waals surface area contributed by atoms with Crippen molar-refractivity contribution in [2.45, 2.75) is 0 Å².